The Morgan fingerprint density at radius 3 is 2.76 bits per heavy atom. The van der Waals surface area contributed by atoms with Gasteiger partial charge in [0.15, 0.2) is 5.96 Å². The van der Waals surface area contributed by atoms with E-state index in [1.807, 2.05) is 12.1 Å². The second kappa shape index (κ2) is 10.5. The first-order valence-corrected chi connectivity index (χ1v) is 10.6. The average Bonchev–Trinajstić information content (AvgIpc) is 3.15. The third-order valence-electron chi connectivity index (χ3n) is 4.92. The van der Waals surface area contributed by atoms with Crippen LogP contribution in [0.2, 0.25) is 5.02 Å². The molecule has 2 heterocycles. The third kappa shape index (κ3) is 6.08. The van der Waals surface area contributed by atoms with Gasteiger partial charge in [-0.15, -0.1) is 0 Å². The summed E-state index contributed by atoms with van der Waals surface area (Å²) in [7, 11) is 4.18. The molecule has 1 fully saturated rings. The highest BCUT2D eigenvalue weighted by Crippen LogP contribution is 2.25. The maximum atomic E-state index is 6.31. The smallest absolute Gasteiger partial charge is 0.191 e. The fourth-order valence-electron chi connectivity index (χ4n) is 3.56. The highest BCUT2D eigenvalue weighted by Gasteiger charge is 2.25. The van der Waals surface area contributed by atoms with Crippen LogP contribution in [-0.4, -0.2) is 55.6 Å². The fourth-order valence-corrected chi connectivity index (χ4v) is 3.81. The Hall–Kier alpha value is -2.31. The first kappa shape index (κ1) is 21.4. The SMILES string of the molecule is CCNC(=NCc1ccccc1CN(C)C)NC1CCN(c2ncccc2Cl)C1. The number of nitrogens with zero attached hydrogens (tertiary/aromatic N) is 4. The van der Waals surface area contributed by atoms with Crippen LogP contribution in [0.15, 0.2) is 47.6 Å². The zero-order valence-electron chi connectivity index (χ0n) is 17.5. The second-order valence-electron chi connectivity index (χ2n) is 7.59. The zero-order valence-corrected chi connectivity index (χ0v) is 18.3. The Morgan fingerprint density at radius 2 is 2.03 bits per heavy atom. The molecule has 1 aromatic heterocycles. The topological polar surface area (TPSA) is 55.8 Å². The Morgan fingerprint density at radius 1 is 1.24 bits per heavy atom. The van der Waals surface area contributed by atoms with E-state index in [-0.39, 0.29) is 0 Å². The monoisotopic (exact) mass is 414 g/mol. The number of halogens is 1. The molecule has 29 heavy (non-hydrogen) atoms. The van der Waals surface area contributed by atoms with E-state index in [1.54, 1.807) is 6.20 Å². The Kier molecular flexibility index (Phi) is 7.72. The van der Waals surface area contributed by atoms with E-state index in [0.29, 0.717) is 17.6 Å². The van der Waals surface area contributed by atoms with E-state index < -0.39 is 0 Å². The lowest BCUT2D eigenvalue weighted by atomic mass is 10.1. The summed E-state index contributed by atoms with van der Waals surface area (Å²) in [5, 5.41) is 7.66. The van der Waals surface area contributed by atoms with Gasteiger partial charge in [-0.25, -0.2) is 9.98 Å². The molecule has 3 rings (SSSR count). The van der Waals surface area contributed by atoms with Gasteiger partial charge in [-0.1, -0.05) is 35.9 Å². The number of aromatic nitrogens is 1. The van der Waals surface area contributed by atoms with Crippen LogP contribution >= 0.6 is 11.6 Å². The minimum atomic E-state index is 0.308. The van der Waals surface area contributed by atoms with Crippen molar-refractivity contribution in [2.75, 3.05) is 38.6 Å². The Balaban J connectivity index is 1.64. The van der Waals surface area contributed by atoms with Crippen LogP contribution in [0.5, 0.6) is 0 Å². The summed E-state index contributed by atoms with van der Waals surface area (Å²) in [6.45, 7) is 6.28. The van der Waals surface area contributed by atoms with Gasteiger partial charge in [0.2, 0.25) is 0 Å². The molecule has 1 aliphatic rings. The number of rotatable bonds is 7. The zero-order chi connectivity index (χ0) is 20.6. The molecule has 7 heteroatoms. The molecule has 156 valence electrons. The van der Waals surface area contributed by atoms with Crippen molar-refractivity contribution in [3.63, 3.8) is 0 Å². The molecule has 0 radical (unpaired) electrons. The van der Waals surface area contributed by atoms with E-state index in [4.69, 9.17) is 16.6 Å². The van der Waals surface area contributed by atoms with Crippen LogP contribution < -0.4 is 15.5 Å². The van der Waals surface area contributed by atoms with Crippen molar-refractivity contribution >= 4 is 23.4 Å². The van der Waals surface area contributed by atoms with E-state index >= 15 is 0 Å². The molecule has 0 amide bonds. The Labute approximate surface area is 179 Å². The van der Waals surface area contributed by atoms with Crippen LogP contribution in [0.4, 0.5) is 5.82 Å². The summed E-state index contributed by atoms with van der Waals surface area (Å²) in [6, 6.07) is 12.6. The normalized spacial score (nSPS) is 17.1. The number of hydrogen-bond donors (Lipinski definition) is 2. The van der Waals surface area contributed by atoms with E-state index in [1.165, 1.54) is 11.1 Å². The fraction of sp³-hybridized carbons (Fsp3) is 0.455. The Bertz CT molecular complexity index is 822. The molecule has 0 aliphatic carbocycles. The lowest BCUT2D eigenvalue weighted by molar-refractivity contribution is 0.401. The van der Waals surface area contributed by atoms with Crippen molar-refractivity contribution in [2.45, 2.75) is 32.5 Å². The van der Waals surface area contributed by atoms with Crippen LogP contribution in [0.3, 0.4) is 0 Å². The van der Waals surface area contributed by atoms with Crippen LogP contribution in [0, 0.1) is 0 Å². The number of nitrogens with one attached hydrogen (secondary N) is 2. The first-order valence-electron chi connectivity index (χ1n) is 10.2. The first-order chi connectivity index (χ1) is 14.1. The molecule has 1 saturated heterocycles. The third-order valence-corrected chi connectivity index (χ3v) is 5.22. The van der Waals surface area contributed by atoms with Gasteiger partial charge in [0, 0.05) is 38.4 Å². The van der Waals surface area contributed by atoms with E-state index in [9.17, 15) is 0 Å². The number of aliphatic imine (C=N–C) groups is 1. The van der Waals surface area contributed by atoms with Crippen LogP contribution in [0.1, 0.15) is 24.5 Å². The molecule has 0 saturated carbocycles. The molecule has 6 nitrogen and oxygen atoms in total. The van der Waals surface area contributed by atoms with Gasteiger partial charge >= 0.3 is 0 Å². The maximum absolute atomic E-state index is 6.31. The predicted molar refractivity (Wildman–Crippen MR) is 122 cm³/mol. The number of guanidine groups is 1. The van der Waals surface area contributed by atoms with Crippen LogP contribution in [-0.2, 0) is 13.1 Å². The summed E-state index contributed by atoms with van der Waals surface area (Å²) in [5.74, 6) is 1.71. The molecular weight excluding hydrogens is 384 g/mol. The van der Waals surface area contributed by atoms with Gasteiger partial charge in [0.25, 0.3) is 0 Å². The molecule has 1 atom stereocenters. The van der Waals surface area contributed by atoms with Crippen molar-refractivity contribution in [3.8, 4) is 0 Å². The molecule has 0 bridgehead atoms. The summed E-state index contributed by atoms with van der Waals surface area (Å²) < 4.78 is 0. The largest absolute Gasteiger partial charge is 0.357 e. The van der Waals surface area contributed by atoms with Crippen molar-refractivity contribution in [3.05, 3.63) is 58.7 Å². The maximum Gasteiger partial charge on any atom is 0.191 e. The highest BCUT2D eigenvalue weighted by molar-refractivity contribution is 6.32. The minimum absolute atomic E-state index is 0.308. The summed E-state index contributed by atoms with van der Waals surface area (Å²) in [5.41, 5.74) is 2.57. The molecule has 2 N–H and O–H groups in total. The van der Waals surface area contributed by atoms with E-state index in [0.717, 1.165) is 44.4 Å². The minimum Gasteiger partial charge on any atom is -0.357 e. The predicted octanol–water partition coefficient (Wildman–Crippen LogP) is 3.13. The number of pyridine rings is 1. The average molecular weight is 415 g/mol. The lowest BCUT2D eigenvalue weighted by Gasteiger charge is -2.20. The summed E-state index contributed by atoms with van der Waals surface area (Å²) in [6.07, 6.45) is 2.81. The molecule has 0 spiro atoms. The summed E-state index contributed by atoms with van der Waals surface area (Å²) >= 11 is 6.31. The summed E-state index contributed by atoms with van der Waals surface area (Å²) in [4.78, 5) is 13.7. The molecule has 1 aromatic carbocycles. The van der Waals surface area contributed by atoms with Gasteiger partial charge in [0.05, 0.1) is 11.6 Å². The van der Waals surface area contributed by atoms with Gasteiger partial charge in [0.1, 0.15) is 5.82 Å². The molecular formula is C22H31ClN6. The van der Waals surface area contributed by atoms with Crippen LogP contribution in [0.25, 0.3) is 0 Å². The van der Waals surface area contributed by atoms with Crippen molar-refractivity contribution < 1.29 is 0 Å². The van der Waals surface area contributed by atoms with Gasteiger partial charge < -0.3 is 20.4 Å². The lowest BCUT2D eigenvalue weighted by Crippen LogP contribution is -2.44. The number of anilines is 1. The molecule has 1 aliphatic heterocycles. The van der Waals surface area contributed by atoms with Crippen molar-refractivity contribution in [2.24, 2.45) is 4.99 Å². The van der Waals surface area contributed by atoms with Crippen molar-refractivity contribution in [1.29, 1.82) is 0 Å². The van der Waals surface area contributed by atoms with Crippen molar-refractivity contribution in [1.82, 2.24) is 20.5 Å². The standard InChI is InChI=1S/C22H31ClN6/c1-4-24-22(26-14-17-8-5-6-9-18(17)15-28(2)3)27-19-11-13-29(16-19)21-20(23)10-7-12-25-21/h5-10,12,19H,4,11,13-16H2,1-3H3,(H2,24,26,27). The highest BCUT2D eigenvalue weighted by atomic mass is 35.5. The molecule has 1 unspecified atom stereocenters. The van der Waals surface area contributed by atoms with E-state index in [2.05, 4.69) is 70.7 Å². The second-order valence-corrected chi connectivity index (χ2v) is 7.99. The number of hydrogen-bond acceptors (Lipinski definition) is 4. The molecule has 2 aromatic rings. The quantitative estimate of drug-likeness (QED) is 0.538. The number of benzene rings is 1. The van der Waals surface area contributed by atoms with Gasteiger partial charge in [-0.05, 0) is 50.7 Å². The van der Waals surface area contributed by atoms with Gasteiger partial charge in [-0.3, -0.25) is 0 Å². The van der Waals surface area contributed by atoms with Gasteiger partial charge in [-0.2, -0.15) is 0 Å².